The van der Waals surface area contributed by atoms with Crippen molar-refractivity contribution in [1.29, 1.82) is 0 Å². The summed E-state index contributed by atoms with van der Waals surface area (Å²) in [5.74, 6) is 0. The first-order valence-electron chi connectivity index (χ1n) is 3.24. The number of nitrogens with zero attached hydrogens (tertiary/aromatic N) is 2. The summed E-state index contributed by atoms with van der Waals surface area (Å²) >= 11 is 0. The second-order valence-corrected chi connectivity index (χ2v) is 2.33. The van der Waals surface area contributed by atoms with Gasteiger partial charge in [0.05, 0.1) is 11.4 Å². The lowest BCUT2D eigenvalue weighted by Crippen LogP contribution is -1.93. The SMILES string of the molecule is Cn1cccc2nccc1-2.I. The Morgan fingerprint density at radius 3 is 2.91 bits per heavy atom. The molecular weight excluding hydrogens is 251 g/mol. The van der Waals surface area contributed by atoms with E-state index in [1.807, 2.05) is 37.6 Å². The predicted octanol–water partition coefficient (Wildman–Crippen LogP) is 2.14. The molecule has 0 aromatic carbocycles. The van der Waals surface area contributed by atoms with Crippen LogP contribution in [-0.2, 0) is 7.05 Å². The first-order valence-corrected chi connectivity index (χ1v) is 3.24. The van der Waals surface area contributed by atoms with E-state index in [0.717, 1.165) is 5.69 Å². The fourth-order valence-electron chi connectivity index (χ4n) is 1.11. The second-order valence-electron chi connectivity index (χ2n) is 2.33. The first kappa shape index (κ1) is 8.52. The van der Waals surface area contributed by atoms with E-state index in [0.29, 0.717) is 0 Å². The molecule has 0 amide bonds. The van der Waals surface area contributed by atoms with Crippen molar-refractivity contribution in [2.75, 3.05) is 0 Å². The Morgan fingerprint density at radius 2 is 2.18 bits per heavy atom. The third kappa shape index (κ3) is 1.38. The van der Waals surface area contributed by atoms with Gasteiger partial charge in [0, 0.05) is 19.4 Å². The van der Waals surface area contributed by atoms with Gasteiger partial charge in [-0.05, 0) is 18.2 Å². The van der Waals surface area contributed by atoms with Gasteiger partial charge < -0.3 is 4.57 Å². The third-order valence-electron chi connectivity index (χ3n) is 1.65. The van der Waals surface area contributed by atoms with Crippen molar-refractivity contribution < 1.29 is 0 Å². The van der Waals surface area contributed by atoms with Crippen LogP contribution in [0, 0.1) is 0 Å². The Bertz CT molecular complexity index is 316. The second kappa shape index (κ2) is 3.21. The molecule has 0 aromatic heterocycles. The maximum atomic E-state index is 4.16. The van der Waals surface area contributed by atoms with Gasteiger partial charge in [0.15, 0.2) is 0 Å². The summed E-state index contributed by atoms with van der Waals surface area (Å²) < 4.78 is 2.06. The maximum Gasteiger partial charge on any atom is 0.0867 e. The number of pyridine rings is 1. The molecule has 2 aliphatic rings. The molecule has 0 fully saturated rings. The van der Waals surface area contributed by atoms with Crippen molar-refractivity contribution in [2.24, 2.45) is 7.05 Å². The molecular formula is C8H9IN2. The smallest absolute Gasteiger partial charge is 0.0867 e. The number of hydrogen-bond donors (Lipinski definition) is 0. The van der Waals surface area contributed by atoms with E-state index < -0.39 is 0 Å². The highest BCUT2D eigenvalue weighted by atomic mass is 127. The monoisotopic (exact) mass is 260 g/mol. The molecule has 2 rings (SSSR count). The molecule has 0 spiro atoms. The molecule has 0 aliphatic carbocycles. The van der Waals surface area contributed by atoms with Gasteiger partial charge in [0.25, 0.3) is 0 Å². The highest BCUT2D eigenvalue weighted by Gasteiger charge is 2.02. The quantitative estimate of drug-likeness (QED) is 0.663. The largest absolute Gasteiger partial charge is 0.349 e. The average molecular weight is 260 g/mol. The van der Waals surface area contributed by atoms with Crippen LogP contribution < -0.4 is 0 Å². The molecule has 2 heterocycles. The molecule has 0 aromatic rings. The van der Waals surface area contributed by atoms with Crippen molar-refractivity contribution >= 4 is 24.0 Å². The maximum absolute atomic E-state index is 4.16. The number of aryl methyl sites for hydroxylation is 1. The van der Waals surface area contributed by atoms with Crippen molar-refractivity contribution in [2.45, 2.75) is 0 Å². The fraction of sp³-hybridized carbons (Fsp3) is 0.125. The van der Waals surface area contributed by atoms with Gasteiger partial charge in [0.2, 0.25) is 0 Å². The molecule has 3 heteroatoms. The van der Waals surface area contributed by atoms with Crippen molar-refractivity contribution in [3.63, 3.8) is 0 Å². The summed E-state index contributed by atoms with van der Waals surface area (Å²) in [5, 5.41) is 0. The lowest BCUT2D eigenvalue weighted by molar-refractivity contribution is 0.913. The molecule has 2 nitrogen and oxygen atoms in total. The van der Waals surface area contributed by atoms with Crippen LogP contribution in [0.4, 0.5) is 0 Å². The third-order valence-corrected chi connectivity index (χ3v) is 1.65. The summed E-state index contributed by atoms with van der Waals surface area (Å²) in [4.78, 5) is 4.16. The Labute approximate surface area is 82.6 Å². The summed E-state index contributed by atoms with van der Waals surface area (Å²) in [6.45, 7) is 0. The molecule has 0 atom stereocenters. The fourth-order valence-corrected chi connectivity index (χ4v) is 1.11. The van der Waals surface area contributed by atoms with Crippen LogP contribution >= 0.6 is 24.0 Å². The lowest BCUT2D eigenvalue weighted by atomic mass is 10.3. The number of rotatable bonds is 0. The molecule has 0 unspecified atom stereocenters. The zero-order valence-electron chi connectivity index (χ0n) is 6.19. The van der Waals surface area contributed by atoms with Crippen LogP contribution in [0.25, 0.3) is 11.4 Å². The van der Waals surface area contributed by atoms with Crippen LogP contribution in [0.1, 0.15) is 0 Å². The Balaban J connectivity index is 0.000000605. The van der Waals surface area contributed by atoms with Crippen LogP contribution in [0.15, 0.2) is 30.6 Å². The summed E-state index contributed by atoms with van der Waals surface area (Å²) in [6.07, 6.45) is 3.84. The highest BCUT2D eigenvalue weighted by Crippen LogP contribution is 2.16. The van der Waals surface area contributed by atoms with Crippen molar-refractivity contribution in [3.05, 3.63) is 30.6 Å². The number of fused-ring (bicyclic) bond motifs is 1. The minimum Gasteiger partial charge on any atom is -0.349 e. The van der Waals surface area contributed by atoms with Gasteiger partial charge in [-0.2, -0.15) is 0 Å². The Kier molecular flexibility index (Phi) is 2.49. The van der Waals surface area contributed by atoms with Gasteiger partial charge in [0.1, 0.15) is 0 Å². The van der Waals surface area contributed by atoms with E-state index in [1.54, 1.807) is 0 Å². The molecule has 0 N–H and O–H groups in total. The van der Waals surface area contributed by atoms with E-state index in [-0.39, 0.29) is 24.0 Å². The summed E-state index contributed by atoms with van der Waals surface area (Å²) in [6, 6.07) is 6.01. The minimum absolute atomic E-state index is 0. The van der Waals surface area contributed by atoms with Crippen LogP contribution in [-0.4, -0.2) is 9.55 Å². The topological polar surface area (TPSA) is 17.8 Å². The average Bonchev–Trinajstić information content (AvgIpc) is 2.36. The molecule has 2 aliphatic heterocycles. The zero-order valence-corrected chi connectivity index (χ0v) is 8.52. The van der Waals surface area contributed by atoms with Crippen LogP contribution in [0.5, 0.6) is 0 Å². The van der Waals surface area contributed by atoms with Crippen LogP contribution in [0.2, 0.25) is 0 Å². The first-order chi connectivity index (χ1) is 4.88. The molecule has 0 saturated carbocycles. The highest BCUT2D eigenvalue weighted by molar-refractivity contribution is 14.0. The van der Waals surface area contributed by atoms with Gasteiger partial charge in [-0.15, -0.1) is 24.0 Å². The normalized spacial score (nSPS) is 9.55. The molecule has 0 saturated heterocycles. The number of hydrogen-bond acceptors (Lipinski definition) is 1. The van der Waals surface area contributed by atoms with E-state index in [9.17, 15) is 0 Å². The standard InChI is InChI=1S/C8H8N2.HI/c1-10-6-2-3-7-8(10)4-5-9-7;/h2-6H,1H3;1H. The lowest BCUT2D eigenvalue weighted by Gasteiger charge is -2.03. The van der Waals surface area contributed by atoms with Gasteiger partial charge in [-0.3, -0.25) is 4.98 Å². The van der Waals surface area contributed by atoms with Gasteiger partial charge in [-0.1, -0.05) is 0 Å². The van der Waals surface area contributed by atoms with E-state index in [4.69, 9.17) is 0 Å². The predicted molar refractivity (Wildman–Crippen MR) is 55.2 cm³/mol. The molecule has 11 heavy (non-hydrogen) atoms. The van der Waals surface area contributed by atoms with E-state index >= 15 is 0 Å². The minimum atomic E-state index is 0. The van der Waals surface area contributed by atoms with Crippen LogP contribution in [0.3, 0.4) is 0 Å². The summed E-state index contributed by atoms with van der Waals surface area (Å²) in [7, 11) is 2.02. The van der Waals surface area contributed by atoms with Gasteiger partial charge >= 0.3 is 0 Å². The summed E-state index contributed by atoms with van der Waals surface area (Å²) in [5.41, 5.74) is 2.24. The van der Waals surface area contributed by atoms with Gasteiger partial charge in [-0.25, -0.2) is 0 Å². The molecule has 0 radical (unpaired) electrons. The number of halogens is 1. The molecule has 0 bridgehead atoms. The Hall–Kier alpha value is -0.580. The van der Waals surface area contributed by atoms with E-state index in [1.165, 1.54) is 5.69 Å². The zero-order chi connectivity index (χ0) is 6.97. The number of aromatic nitrogens is 2. The van der Waals surface area contributed by atoms with Crippen molar-refractivity contribution in [3.8, 4) is 11.4 Å². The molecule has 58 valence electrons. The van der Waals surface area contributed by atoms with E-state index in [2.05, 4.69) is 9.55 Å². The van der Waals surface area contributed by atoms with Crippen molar-refractivity contribution in [1.82, 2.24) is 9.55 Å². The Morgan fingerprint density at radius 1 is 1.36 bits per heavy atom.